The summed E-state index contributed by atoms with van der Waals surface area (Å²) in [6.45, 7) is 12.9. The van der Waals surface area contributed by atoms with E-state index in [4.69, 9.17) is 9.63 Å². The van der Waals surface area contributed by atoms with Crippen molar-refractivity contribution in [3.63, 3.8) is 0 Å². The molecule has 0 aromatic heterocycles. The number of carboxylic acids is 1. The summed E-state index contributed by atoms with van der Waals surface area (Å²) in [4.78, 5) is 10.6. The summed E-state index contributed by atoms with van der Waals surface area (Å²) in [6.07, 6.45) is -0.162. The molecule has 1 aliphatic rings. The molecule has 0 radical (unpaired) electrons. The van der Waals surface area contributed by atoms with Gasteiger partial charge in [-0.25, -0.2) is 4.39 Å². The van der Waals surface area contributed by atoms with Crippen LogP contribution in [0.25, 0.3) is 5.57 Å². The monoisotopic (exact) mass is 438 g/mol. The van der Waals surface area contributed by atoms with Crippen LogP contribution in [0.4, 0.5) is 4.39 Å². The Bertz CT molecular complexity index is 855. The maximum Gasteiger partial charge on any atom is 0.305 e. The van der Waals surface area contributed by atoms with Gasteiger partial charge in [0.15, 0.2) is 8.03 Å². The fourth-order valence-corrected chi connectivity index (χ4v) is 5.66. The number of hydrogen-bond acceptors (Lipinski definition) is 4. The summed E-state index contributed by atoms with van der Waals surface area (Å²) in [5, 5.41) is 18.4. The largest absolute Gasteiger partial charge is 0.481 e. The first-order valence-electron chi connectivity index (χ1n) is 10.0. The molecule has 2 atom stereocenters. The minimum absolute atomic E-state index is 0.0292. The number of allylic oxidation sites excluding steroid dienone is 1. The van der Waals surface area contributed by atoms with E-state index < -0.39 is 26.5 Å². The lowest BCUT2D eigenvalue weighted by atomic mass is 9.60. The van der Waals surface area contributed by atoms with Gasteiger partial charge in [-0.2, -0.15) is 0 Å². The van der Waals surface area contributed by atoms with Crippen molar-refractivity contribution in [2.45, 2.75) is 53.1 Å². The van der Waals surface area contributed by atoms with Gasteiger partial charge in [0.2, 0.25) is 0 Å². The molecule has 0 saturated carbocycles. The van der Waals surface area contributed by atoms with Gasteiger partial charge in [-0.3, -0.25) is 9.36 Å². The molecule has 0 heterocycles. The molecule has 5 nitrogen and oxygen atoms in total. The first kappa shape index (κ1) is 24.5. The minimum atomic E-state index is -2.61. The highest BCUT2D eigenvalue weighted by Crippen LogP contribution is 2.53. The van der Waals surface area contributed by atoms with Crippen LogP contribution in [0.15, 0.2) is 42.0 Å². The normalized spacial score (nSPS) is 19.9. The molecule has 30 heavy (non-hydrogen) atoms. The van der Waals surface area contributed by atoms with Crippen molar-refractivity contribution >= 4 is 19.6 Å². The van der Waals surface area contributed by atoms with Crippen LogP contribution in [0.5, 0.6) is 0 Å². The van der Waals surface area contributed by atoms with Crippen molar-refractivity contribution in [2.24, 2.45) is 10.8 Å². The Morgan fingerprint density at radius 2 is 1.87 bits per heavy atom. The third-order valence-electron chi connectivity index (χ3n) is 5.32. The summed E-state index contributed by atoms with van der Waals surface area (Å²) in [6, 6.07) is 6.41. The van der Waals surface area contributed by atoms with Crippen LogP contribution in [0.3, 0.4) is 0 Å². The number of rotatable bonds is 9. The van der Waals surface area contributed by atoms with E-state index in [0.29, 0.717) is 5.57 Å². The third kappa shape index (κ3) is 6.63. The van der Waals surface area contributed by atoms with E-state index in [1.54, 1.807) is 12.1 Å². The van der Waals surface area contributed by atoms with Crippen molar-refractivity contribution in [2.75, 3.05) is 12.8 Å². The molecular formula is C23H32FO5P. The lowest BCUT2D eigenvalue weighted by molar-refractivity contribution is -0.138. The van der Waals surface area contributed by atoms with Gasteiger partial charge >= 0.3 is 5.97 Å². The quantitative estimate of drug-likeness (QED) is 0.511. The van der Waals surface area contributed by atoms with E-state index >= 15 is 0 Å². The summed E-state index contributed by atoms with van der Waals surface area (Å²) < 4.78 is 31.1. The molecule has 0 aliphatic heterocycles. The van der Waals surface area contributed by atoms with Crippen molar-refractivity contribution in [3.8, 4) is 0 Å². The summed E-state index contributed by atoms with van der Waals surface area (Å²) in [7, 11) is -2.61. The Morgan fingerprint density at radius 1 is 1.27 bits per heavy atom. The number of benzene rings is 1. The number of aliphatic carboxylic acids is 1. The van der Waals surface area contributed by atoms with Gasteiger partial charge in [-0.15, -0.1) is 0 Å². The first-order valence-corrected chi connectivity index (χ1v) is 11.6. The summed E-state index contributed by atoms with van der Waals surface area (Å²) in [5.41, 5.74) is 3.56. The van der Waals surface area contributed by atoms with E-state index in [2.05, 4.69) is 34.3 Å². The molecule has 1 unspecified atom stereocenters. The van der Waals surface area contributed by atoms with Gasteiger partial charge in [-0.1, -0.05) is 46.4 Å². The number of carboxylic acid groups (broad SMARTS) is 1. The first-order chi connectivity index (χ1) is 13.8. The summed E-state index contributed by atoms with van der Waals surface area (Å²) >= 11 is 0. The van der Waals surface area contributed by atoms with Crippen molar-refractivity contribution in [3.05, 3.63) is 53.4 Å². The van der Waals surface area contributed by atoms with Gasteiger partial charge in [0.05, 0.1) is 19.1 Å². The Hall–Kier alpha value is -1.75. The fourth-order valence-electron chi connectivity index (χ4n) is 4.68. The van der Waals surface area contributed by atoms with Gasteiger partial charge < -0.3 is 14.7 Å². The average molecular weight is 438 g/mol. The number of aliphatic hydroxyl groups excluding tert-OH is 1. The lowest BCUT2D eigenvalue weighted by Crippen LogP contribution is -2.32. The molecule has 166 valence electrons. The molecule has 0 saturated heterocycles. The molecule has 1 aromatic carbocycles. The fraction of sp³-hybridized carbons (Fsp3) is 0.522. The molecule has 1 aromatic rings. The van der Waals surface area contributed by atoms with Gasteiger partial charge in [0.1, 0.15) is 5.82 Å². The molecule has 2 N–H and O–H groups in total. The minimum Gasteiger partial charge on any atom is -0.481 e. The highest BCUT2D eigenvalue weighted by Gasteiger charge is 2.40. The molecule has 0 amide bonds. The SMILES string of the molecule is C=C(CO[PH](=O)C[C@@H](O)CC(=O)O)C1=C(c2ccc(F)cc2)CC(C)(C)CC1(C)C. The Morgan fingerprint density at radius 3 is 2.43 bits per heavy atom. The molecule has 1 aliphatic carbocycles. The van der Waals surface area contributed by atoms with Crippen LogP contribution >= 0.6 is 8.03 Å². The second kappa shape index (κ2) is 9.59. The number of hydrogen-bond donors (Lipinski definition) is 2. The zero-order valence-corrected chi connectivity index (χ0v) is 19.1. The Balaban J connectivity index is 2.26. The Kier molecular flexibility index (Phi) is 7.84. The van der Waals surface area contributed by atoms with Crippen molar-refractivity contribution in [1.82, 2.24) is 0 Å². The van der Waals surface area contributed by atoms with E-state index in [1.807, 2.05) is 0 Å². The lowest BCUT2D eigenvalue weighted by Gasteiger charge is -2.45. The van der Waals surface area contributed by atoms with Crippen LogP contribution in [0.1, 0.15) is 52.5 Å². The van der Waals surface area contributed by atoms with E-state index in [0.717, 1.165) is 29.6 Å². The number of halogens is 1. The number of aliphatic hydroxyl groups is 1. The Labute approximate surface area is 178 Å². The van der Waals surface area contributed by atoms with Gasteiger partial charge in [0.25, 0.3) is 0 Å². The van der Waals surface area contributed by atoms with Gasteiger partial charge in [0, 0.05) is 6.16 Å². The topological polar surface area (TPSA) is 83.8 Å². The molecule has 0 spiro atoms. The third-order valence-corrected chi connectivity index (χ3v) is 6.59. The smallest absolute Gasteiger partial charge is 0.305 e. The van der Waals surface area contributed by atoms with E-state index in [1.165, 1.54) is 12.1 Å². The van der Waals surface area contributed by atoms with Crippen molar-refractivity contribution in [1.29, 1.82) is 0 Å². The standard InChI is InChI=1S/C23H32FO5P/c1-15(12-29-30(28)13-18(25)10-20(26)27)21-19(16-6-8-17(24)9-7-16)11-22(2,3)14-23(21,4)5/h6-9,18,25,30H,1,10-14H2,2-5H3,(H,26,27)/t18-/m0/s1. The maximum atomic E-state index is 13.5. The molecule has 0 fully saturated rings. The molecular weight excluding hydrogens is 406 g/mol. The number of carbonyl (C=O) groups is 1. The zero-order chi connectivity index (χ0) is 22.7. The maximum absolute atomic E-state index is 13.5. The zero-order valence-electron chi connectivity index (χ0n) is 18.1. The van der Waals surface area contributed by atoms with Crippen molar-refractivity contribution < 1.29 is 28.5 Å². The highest BCUT2D eigenvalue weighted by atomic mass is 31.1. The van der Waals surface area contributed by atoms with Crippen LogP contribution in [-0.4, -0.2) is 35.1 Å². The van der Waals surface area contributed by atoms with Gasteiger partial charge in [-0.05, 0) is 58.1 Å². The highest BCUT2D eigenvalue weighted by molar-refractivity contribution is 7.39. The average Bonchev–Trinajstić information content (AvgIpc) is 2.57. The predicted molar refractivity (Wildman–Crippen MR) is 117 cm³/mol. The molecule has 2 rings (SSSR count). The van der Waals surface area contributed by atoms with Crippen LogP contribution in [0, 0.1) is 16.6 Å². The second-order valence-electron chi connectivity index (χ2n) is 9.48. The van der Waals surface area contributed by atoms with E-state index in [-0.39, 0.29) is 29.4 Å². The van der Waals surface area contributed by atoms with E-state index in [9.17, 15) is 18.9 Å². The molecule has 0 bridgehead atoms. The van der Waals surface area contributed by atoms with Crippen LogP contribution in [-0.2, 0) is 13.9 Å². The van der Waals surface area contributed by atoms with Crippen LogP contribution < -0.4 is 0 Å². The van der Waals surface area contributed by atoms with Crippen LogP contribution in [0.2, 0.25) is 0 Å². The predicted octanol–water partition coefficient (Wildman–Crippen LogP) is 5.31. The second-order valence-corrected chi connectivity index (χ2v) is 10.9. The molecule has 7 heteroatoms. The summed E-state index contributed by atoms with van der Waals surface area (Å²) in [5.74, 6) is -1.45.